The monoisotopic (exact) mass is 258 g/mol. The Morgan fingerprint density at radius 3 is 2.74 bits per heavy atom. The molecule has 0 amide bonds. The molecular formula is C17H26N2. The van der Waals surface area contributed by atoms with E-state index in [9.17, 15) is 0 Å². The van der Waals surface area contributed by atoms with Crippen LogP contribution in [0, 0.1) is 5.92 Å². The first-order valence-electron chi connectivity index (χ1n) is 7.83. The van der Waals surface area contributed by atoms with Gasteiger partial charge in [0.15, 0.2) is 0 Å². The Hall–Kier alpha value is -0.860. The molecule has 2 heteroatoms. The minimum Gasteiger partial charge on any atom is -0.310 e. The van der Waals surface area contributed by atoms with Gasteiger partial charge in [0.05, 0.1) is 0 Å². The standard InChI is InChI=1S/C17H26N2/c1-14(16-7-8-16)18-17-10-12-19(13-17)11-9-15-5-3-2-4-6-15/h2-6,14,16-18H,7-13H2,1H3. The van der Waals surface area contributed by atoms with Crippen LogP contribution in [0.1, 0.15) is 31.7 Å². The van der Waals surface area contributed by atoms with E-state index in [4.69, 9.17) is 0 Å². The van der Waals surface area contributed by atoms with Crippen LogP contribution in [0.25, 0.3) is 0 Å². The topological polar surface area (TPSA) is 15.3 Å². The van der Waals surface area contributed by atoms with E-state index in [1.54, 1.807) is 0 Å². The van der Waals surface area contributed by atoms with Crippen LogP contribution in [0.3, 0.4) is 0 Å². The number of benzene rings is 1. The zero-order valence-corrected chi connectivity index (χ0v) is 12.0. The van der Waals surface area contributed by atoms with Crippen molar-refractivity contribution in [3.05, 3.63) is 35.9 Å². The smallest absolute Gasteiger partial charge is 0.0209 e. The Balaban J connectivity index is 1.39. The number of hydrogen-bond donors (Lipinski definition) is 1. The molecule has 1 saturated heterocycles. The van der Waals surface area contributed by atoms with Gasteiger partial charge in [0.25, 0.3) is 0 Å². The van der Waals surface area contributed by atoms with Gasteiger partial charge >= 0.3 is 0 Å². The average Bonchev–Trinajstić information content (AvgIpc) is 3.20. The lowest BCUT2D eigenvalue weighted by Crippen LogP contribution is -2.39. The minimum atomic E-state index is 0.728. The van der Waals surface area contributed by atoms with Gasteiger partial charge in [-0.15, -0.1) is 0 Å². The summed E-state index contributed by atoms with van der Waals surface area (Å²) in [7, 11) is 0. The van der Waals surface area contributed by atoms with Gasteiger partial charge in [-0.25, -0.2) is 0 Å². The maximum absolute atomic E-state index is 3.83. The summed E-state index contributed by atoms with van der Waals surface area (Å²) < 4.78 is 0. The minimum absolute atomic E-state index is 0.728. The van der Waals surface area contributed by atoms with Crippen LogP contribution in [0.5, 0.6) is 0 Å². The lowest BCUT2D eigenvalue weighted by molar-refractivity contribution is 0.323. The predicted octanol–water partition coefficient (Wildman–Crippen LogP) is 2.69. The number of hydrogen-bond acceptors (Lipinski definition) is 2. The van der Waals surface area contributed by atoms with E-state index in [0.717, 1.165) is 18.0 Å². The fourth-order valence-electron chi connectivity index (χ4n) is 3.21. The summed E-state index contributed by atoms with van der Waals surface area (Å²) in [6.45, 7) is 6.08. The molecule has 1 aliphatic heterocycles. The molecule has 3 rings (SSSR count). The summed E-state index contributed by atoms with van der Waals surface area (Å²) in [6, 6.07) is 12.3. The molecule has 0 aromatic heterocycles. The molecule has 1 aromatic rings. The van der Waals surface area contributed by atoms with Crippen molar-refractivity contribution >= 4 is 0 Å². The van der Waals surface area contributed by atoms with E-state index in [0.29, 0.717) is 0 Å². The Labute approximate surface area is 117 Å². The predicted molar refractivity (Wildman–Crippen MR) is 80.3 cm³/mol. The average molecular weight is 258 g/mol. The van der Waals surface area contributed by atoms with Crippen LogP contribution < -0.4 is 5.32 Å². The second-order valence-corrected chi connectivity index (χ2v) is 6.31. The molecule has 1 heterocycles. The second kappa shape index (κ2) is 6.06. The van der Waals surface area contributed by atoms with E-state index in [2.05, 4.69) is 47.5 Å². The summed E-state index contributed by atoms with van der Waals surface area (Å²) in [5.41, 5.74) is 1.46. The number of likely N-dealkylation sites (tertiary alicyclic amines) is 1. The normalized spacial score (nSPS) is 25.6. The van der Waals surface area contributed by atoms with Crippen LogP contribution in [0.2, 0.25) is 0 Å². The maximum Gasteiger partial charge on any atom is 0.0209 e. The quantitative estimate of drug-likeness (QED) is 0.844. The van der Waals surface area contributed by atoms with Gasteiger partial charge in [-0.3, -0.25) is 0 Å². The largest absolute Gasteiger partial charge is 0.310 e. The first kappa shape index (κ1) is 13.1. The van der Waals surface area contributed by atoms with Crippen molar-refractivity contribution in [3.8, 4) is 0 Å². The summed E-state index contributed by atoms with van der Waals surface area (Å²) >= 11 is 0. The first-order valence-corrected chi connectivity index (χ1v) is 7.83. The molecule has 2 nitrogen and oxygen atoms in total. The number of rotatable bonds is 6. The van der Waals surface area contributed by atoms with E-state index >= 15 is 0 Å². The molecule has 0 spiro atoms. The van der Waals surface area contributed by atoms with Crippen LogP contribution in [0.4, 0.5) is 0 Å². The Morgan fingerprint density at radius 2 is 2.00 bits per heavy atom. The van der Waals surface area contributed by atoms with Crippen LogP contribution in [-0.2, 0) is 6.42 Å². The molecule has 1 aromatic carbocycles. The maximum atomic E-state index is 3.83. The van der Waals surface area contributed by atoms with E-state index in [1.165, 1.54) is 50.9 Å². The highest BCUT2D eigenvalue weighted by Crippen LogP contribution is 2.32. The van der Waals surface area contributed by atoms with Crippen molar-refractivity contribution < 1.29 is 0 Å². The molecule has 2 atom stereocenters. The van der Waals surface area contributed by atoms with Crippen LogP contribution >= 0.6 is 0 Å². The molecule has 2 fully saturated rings. The lowest BCUT2D eigenvalue weighted by Gasteiger charge is -2.20. The number of nitrogens with zero attached hydrogens (tertiary/aromatic N) is 1. The Bertz CT molecular complexity index is 386. The first-order chi connectivity index (χ1) is 9.31. The molecular weight excluding hydrogens is 232 g/mol. The zero-order chi connectivity index (χ0) is 13.1. The van der Waals surface area contributed by atoms with Gasteiger partial charge in [0.2, 0.25) is 0 Å². The molecule has 2 aliphatic rings. The third-order valence-corrected chi connectivity index (χ3v) is 4.66. The van der Waals surface area contributed by atoms with Crippen molar-refractivity contribution in [2.45, 2.75) is 44.7 Å². The van der Waals surface area contributed by atoms with Crippen molar-refractivity contribution in [1.29, 1.82) is 0 Å². The summed E-state index contributed by atoms with van der Waals surface area (Å²) in [6.07, 6.45) is 5.40. The van der Waals surface area contributed by atoms with Gasteiger partial charge in [-0.05, 0) is 50.6 Å². The summed E-state index contributed by atoms with van der Waals surface area (Å²) in [5, 5.41) is 3.83. The van der Waals surface area contributed by atoms with Crippen LogP contribution in [-0.4, -0.2) is 36.6 Å². The third kappa shape index (κ3) is 3.80. The molecule has 1 N–H and O–H groups in total. The highest BCUT2D eigenvalue weighted by molar-refractivity contribution is 5.14. The molecule has 1 saturated carbocycles. The van der Waals surface area contributed by atoms with Gasteiger partial charge < -0.3 is 10.2 Å². The Morgan fingerprint density at radius 1 is 1.21 bits per heavy atom. The summed E-state index contributed by atoms with van der Waals surface area (Å²) in [5.74, 6) is 0.971. The molecule has 1 aliphatic carbocycles. The highest BCUT2D eigenvalue weighted by atomic mass is 15.2. The fraction of sp³-hybridized carbons (Fsp3) is 0.647. The van der Waals surface area contributed by atoms with Crippen molar-refractivity contribution in [2.24, 2.45) is 5.92 Å². The van der Waals surface area contributed by atoms with Crippen molar-refractivity contribution in [2.75, 3.05) is 19.6 Å². The van der Waals surface area contributed by atoms with E-state index in [1.807, 2.05) is 0 Å². The van der Waals surface area contributed by atoms with Gasteiger partial charge in [0.1, 0.15) is 0 Å². The Kier molecular flexibility index (Phi) is 4.19. The zero-order valence-electron chi connectivity index (χ0n) is 12.0. The molecule has 0 radical (unpaired) electrons. The van der Waals surface area contributed by atoms with Crippen LogP contribution in [0.15, 0.2) is 30.3 Å². The molecule has 2 unspecified atom stereocenters. The fourth-order valence-corrected chi connectivity index (χ4v) is 3.21. The molecule has 19 heavy (non-hydrogen) atoms. The third-order valence-electron chi connectivity index (χ3n) is 4.66. The second-order valence-electron chi connectivity index (χ2n) is 6.31. The molecule has 104 valence electrons. The summed E-state index contributed by atoms with van der Waals surface area (Å²) in [4.78, 5) is 2.62. The van der Waals surface area contributed by atoms with E-state index in [-0.39, 0.29) is 0 Å². The number of nitrogens with one attached hydrogen (secondary N) is 1. The molecule has 0 bridgehead atoms. The van der Waals surface area contributed by atoms with E-state index < -0.39 is 0 Å². The van der Waals surface area contributed by atoms with Gasteiger partial charge in [0, 0.05) is 25.2 Å². The highest BCUT2D eigenvalue weighted by Gasteiger charge is 2.31. The van der Waals surface area contributed by atoms with Gasteiger partial charge in [-0.1, -0.05) is 30.3 Å². The SMILES string of the molecule is CC(NC1CCN(CCc2ccccc2)C1)C1CC1. The van der Waals surface area contributed by atoms with Gasteiger partial charge in [-0.2, -0.15) is 0 Å². The lowest BCUT2D eigenvalue weighted by atomic mass is 10.1. The van der Waals surface area contributed by atoms with Crippen molar-refractivity contribution in [1.82, 2.24) is 10.2 Å². The van der Waals surface area contributed by atoms with Crippen molar-refractivity contribution in [3.63, 3.8) is 0 Å².